The zero-order chi connectivity index (χ0) is 13.0. The lowest BCUT2D eigenvalue weighted by atomic mass is 10.1. The van der Waals surface area contributed by atoms with E-state index in [0.717, 1.165) is 12.8 Å². The minimum absolute atomic E-state index is 0.203. The molecule has 2 rings (SSSR count). The van der Waals surface area contributed by atoms with Crippen molar-refractivity contribution in [2.45, 2.75) is 19.8 Å². The highest BCUT2D eigenvalue weighted by molar-refractivity contribution is 5.94. The third-order valence-electron chi connectivity index (χ3n) is 3.10. The zero-order valence-corrected chi connectivity index (χ0v) is 10.4. The van der Waals surface area contributed by atoms with Crippen LogP contribution in [-0.2, 0) is 0 Å². The van der Waals surface area contributed by atoms with Crippen LogP contribution in [-0.4, -0.2) is 29.1 Å². The van der Waals surface area contributed by atoms with E-state index in [0.29, 0.717) is 17.8 Å². The van der Waals surface area contributed by atoms with Crippen LogP contribution in [0, 0.1) is 17.3 Å². The second kappa shape index (κ2) is 5.19. The molecule has 94 valence electrons. The third kappa shape index (κ3) is 3.08. The highest BCUT2D eigenvalue weighted by Gasteiger charge is 2.37. The summed E-state index contributed by atoms with van der Waals surface area (Å²) >= 11 is 0. The molecule has 4 nitrogen and oxygen atoms in total. The van der Waals surface area contributed by atoms with E-state index < -0.39 is 0 Å². The maximum Gasteiger partial charge on any atom is 0.271 e. The Balaban J connectivity index is 2.08. The van der Waals surface area contributed by atoms with Crippen LogP contribution in [0.4, 0.5) is 0 Å². The molecule has 4 heteroatoms. The van der Waals surface area contributed by atoms with E-state index in [-0.39, 0.29) is 17.9 Å². The van der Waals surface area contributed by atoms with Crippen molar-refractivity contribution in [3.8, 4) is 11.8 Å². The van der Waals surface area contributed by atoms with Crippen molar-refractivity contribution in [1.82, 2.24) is 10.3 Å². The third-order valence-corrected chi connectivity index (χ3v) is 3.10. The predicted octanol–water partition coefficient (Wildman–Crippen LogP) is 0.955. The van der Waals surface area contributed by atoms with Gasteiger partial charge in [-0.1, -0.05) is 18.8 Å². The first kappa shape index (κ1) is 12.6. The average molecular weight is 244 g/mol. The van der Waals surface area contributed by atoms with Crippen molar-refractivity contribution in [1.29, 1.82) is 0 Å². The molecule has 0 bridgehead atoms. The molecule has 0 saturated heterocycles. The summed E-state index contributed by atoms with van der Waals surface area (Å²) in [6.07, 6.45) is 3.89. The van der Waals surface area contributed by atoms with E-state index in [9.17, 15) is 4.79 Å². The summed E-state index contributed by atoms with van der Waals surface area (Å²) in [5, 5.41) is 11.6. The standard InChI is InChI=1S/C14H16N2O2/c1-14(6-7-14)10-16-13(18)12-11(5-3-9-17)4-2-8-15-12/h2,4,8,17H,6-7,9-10H2,1H3,(H,16,18). The van der Waals surface area contributed by atoms with Crippen LogP contribution in [0.1, 0.15) is 35.8 Å². The fraction of sp³-hybridized carbons (Fsp3) is 0.429. The van der Waals surface area contributed by atoms with E-state index in [2.05, 4.69) is 29.1 Å². The van der Waals surface area contributed by atoms with E-state index in [1.807, 2.05) is 0 Å². The molecule has 1 amide bonds. The largest absolute Gasteiger partial charge is 0.384 e. The topological polar surface area (TPSA) is 62.2 Å². The number of amides is 1. The van der Waals surface area contributed by atoms with Gasteiger partial charge >= 0.3 is 0 Å². The van der Waals surface area contributed by atoms with Gasteiger partial charge in [0.15, 0.2) is 0 Å². The molecule has 1 heterocycles. The second-order valence-corrected chi connectivity index (χ2v) is 4.85. The molecule has 0 aromatic carbocycles. The molecular weight excluding hydrogens is 228 g/mol. The van der Waals surface area contributed by atoms with Crippen molar-refractivity contribution >= 4 is 5.91 Å². The van der Waals surface area contributed by atoms with Gasteiger partial charge in [-0.25, -0.2) is 4.98 Å². The monoisotopic (exact) mass is 244 g/mol. The highest BCUT2D eigenvalue weighted by atomic mass is 16.2. The summed E-state index contributed by atoms with van der Waals surface area (Å²) < 4.78 is 0. The summed E-state index contributed by atoms with van der Waals surface area (Å²) in [6, 6.07) is 3.45. The smallest absolute Gasteiger partial charge is 0.271 e. The van der Waals surface area contributed by atoms with Gasteiger partial charge in [0, 0.05) is 12.7 Å². The molecule has 0 spiro atoms. The lowest BCUT2D eigenvalue weighted by molar-refractivity contribution is 0.0941. The van der Waals surface area contributed by atoms with Crippen molar-refractivity contribution in [3.63, 3.8) is 0 Å². The Kier molecular flexibility index (Phi) is 3.63. The van der Waals surface area contributed by atoms with E-state index in [1.165, 1.54) is 0 Å². The van der Waals surface area contributed by atoms with Gasteiger partial charge in [-0.2, -0.15) is 0 Å². The van der Waals surface area contributed by atoms with Crippen LogP contribution in [0.2, 0.25) is 0 Å². The fourth-order valence-corrected chi connectivity index (χ4v) is 1.59. The van der Waals surface area contributed by atoms with Crippen LogP contribution in [0.25, 0.3) is 0 Å². The van der Waals surface area contributed by atoms with Crippen molar-refractivity contribution < 1.29 is 9.90 Å². The summed E-state index contributed by atoms with van der Waals surface area (Å²) in [7, 11) is 0. The molecule has 0 atom stereocenters. The molecule has 1 aromatic heterocycles. The van der Waals surface area contributed by atoms with Gasteiger partial charge in [0.2, 0.25) is 0 Å². The molecule has 0 radical (unpaired) electrons. The summed E-state index contributed by atoms with van der Waals surface area (Å²) in [5.74, 6) is 5.06. The number of hydrogen-bond donors (Lipinski definition) is 2. The first-order chi connectivity index (χ1) is 8.64. The lowest BCUT2D eigenvalue weighted by Gasteiger charge is -2.10. The van der Waals surface area contributed by atoms with Gasteiger partial charge in [-0.3, -0.25) is 4.79 Å². The number of carbonyl (C=O) groups excluding carboxylic acids is 1. The van der Waals surface area contributed by atoms with Gasteiger partial charge in [0.05, 0.1) is 5.56 Å². The summed E-state index contributed by atoms with van der Waals surface area (Å²) in [6.45, 7) is 2.60. The first-order valence-corrected chi connectivity index (χ1v) is 5.98. The molecule has 0 unspecified atom stereocenters. The summed E-state index contributed by atoms with van der Waals surface area (Å²) in [4.78, 5) is 16.1. The number of aliphatic hydroxyl groups is 1. The second-order valence-electron chi connectivity index (χ2n) is 4.85. The summed E-state index contributed by atoms with van der Waals surface area (Å²) in [5.41, 5.74) is 1.13. The van der Waals surface area contributed by atoms with Crippen molar-refractivity contribution in [2.75, 3.05) is 13.2 Å². The number of aromatic nitrogens is 1. The fourth-order valence-electron chi connectivity index (χ4n) is 1.59. The number of hydrogen-bond acceptors (Lipinski definition) is 3. The quantitative estimate of drug-likeness (QED) is 0.778. The van der Waals surface area contributed by atoms with Crippen LogP contribution < -0.4 is 5.32 Å². The molecule has 0 aliphatic heterocycles. The predicted molar refractivity (Wildman–Crippen MR) is 67.9 cm³/mol. The van der Waals surface area contributed by atoms with Gasteiger partial charge in [-0.05, 0) is 30.4 Å². The maximum atomic E-state index is 12.0. The molecule has 18 heavy (non-hydrogen) atoms. The molecule has 1 aromatic rings. The number of nitrogens with zero attached hydrogens (tertiary/aromatic N) is 1. The molecule has 1 saturated carbocycles. The minimum Gasteiger partial charge on any atom is -0.384 e. The number of carbonyl (C=O) groups is 1. The number of nitrogens with one attached hydrogen (secondary N) is 1. The van der Waals surface area contributed by atoms with Crippen LogP contribution in [0.3, 0.4) is 0 Å². The number of aliphatic hydroxyl groups excluding tert-OH is 1. The minimum atomic E-state index is -0.228. The van der Waals surface area contributed by atoms with Gasteiger partial charge in [0.1, 0.15) is 12.3 Å². The molecule has 1 fully saturated rings. The van der Waals surface area contributed by atoms with E-state index in [1.54, 1.807) is 18.3 Å². The Morgan fingerprint density at radius 3 is 3.06 bits per heavy atom. The van der Waals surface area contributed by atoms with Gasteiger partial charge in [0.25, 0.3) is 5.91 Å². The Morgan fingerprint density at radius 2 is 2.39 bits per heavy atom. The molecule has 1 aliphatic rings. The average Bonchev–Trinajstić information content (AvgIpc) is 3.12. The Morgan fingerprint density at radius 1 is 1.61 bits per heavy atom. The van der Waals surface area contributed by atoms with Gasteiger partial charge < -0.3 is 10.4 Å². The molecule has 2 N–H and O–H groups in total. The van der Waals surface area contributed by atoms with Crippen molar-refractivity contribution in [3.05, 3.63) is 29.6 Å². The van der Waals surface area contributed by atoms with Crippen molar-refractivity contribution in [2.24, 2.45) is 5.41 Å². The Hall–Kier alpha value is -1.86. The van der Waals surface area contributed by atoms with Crippen LogP contribution in [0.15, 0.2) is 18.3 Å². The zero-order valence-electron chi connectivity index (χ0n) is 10.4. The maximum absolute atomic E-state index is 12.0. The number of pyridine rings is 1. The first-order valence-electron chi connectivity index (χ1n) is 5.98. The van der Waals surface area contributed by atoms with Crippen LogP contribution in [0.5, 0.6) is 0 Å². The van der Waals surface area contributed by atoms with E-state index in [4.69, 9.17) is 5.11 Å². The van der Waals surface area contributed by atoms with Crippen LogP contribution >= 0.6 is 0 Å². The highest BCUT2D eigenvalue weighted by Crippen LogP contribution is 2.44. The normalized spacial score (nSPS) is 15.4. The molecule has 1 aliphatic carbocycles. The number of rotatable bonds is 3. The van der Waals surface area contributed by atoms with E-state index >= 15 is 0 Å². The van der Waals surface area contributed by atoms with Gasteiger partial charge in [-0.15, -0.1) is 0 Å². The SMILES string of the molecule is CC1(CNC(=O)c2ncccc2C#CCO)CC1. The Bertz CT molecular complexity index is 510. The Labute approximate surface area is 106 Å². The molecular formula is C14H16N2O2. The lowest BCUT2D eigenvalue weighted by Crippen LogP contribution is -2.30.